The van der Waals surface area contributed by atoms with Gasteiger partial charge in [-0.2, -0.15) is 0 Å². The molecule has 0 aliphatic heterocycles. The second kappa shape index (κ2) is 19.1. The van der Waals surface area contributed by atoms with Gasteiger partial charge in [-0.1, -0.05) is 118 Å². The zero-order chi connectivity index (χ0) is 29.2. The average molecular weight is 597 g/mol. The molecule has 4 nitrogen and oxygen atoms in total. The Morgan fingerprint density at radius 2 is 0.775 bits per heavy atom. The Morgan fingerprint density at radius 1 is 0.550 bits per heavy atom. The Bertz CT molecular complexity index is 1040. The fourth-order valence-electron chi connectivity index (χ4n) is 4.29. The van der Waals surface area contributed by atoms with E-state index >= 15 is 0 Å². The summed E-state index contributed by atoms with van der Waals surface area (Å²) < 4.78 is 0. The summed E-state index contributed by atoms with van der Waals surface area (Å²) in [6, 6.07) is 12.7. The van der Waals surface area contributed by atoms with E-state index in [1.165, 1.54) is 22.3 Å². The van der Waals surface area contributed by atoms with Gasteiger partial charge in [0.2, 0.25) is 0 Å². The molecule has 0 heterocycles. The average Bonchev–Trinajstić information content (AvgIpc) is 2.77. The Hall–Kier alpha value is -2.08. The van der Waals surface area contributed by atoms with E-state index in [1.54, 1.807) is 26.0 Å². The molecule has 2 aromatic rings. The minimum absolute atomic E-state index is 0. The number of rotatable bonds is 8. The van der Waals surface area contributed by atoms with E-state index < -0.39 is 0 Å². The van der Waals surface area contributed by atoms with Crippen LogP contribution in [-0.2, 0) is 35.2 Å². The van der Waals surface area contributed by atoms with Crippen LogP contribution in [0.1, 0.15) is 129 Å². The molecule has 0 bridgehead atoms. The van der Waals surface area contributed by atoms with Gasteiger partial charge in [-0.15, -0.1) is 11.5 Å². The second-order valence-electron chi connectivity index (χ2n) is 11.2. The molecule has 0 radical (unpaired) electrons. The first kappa shape index (κ1) is 40.1. The fourth-order valence-corrected chi connectivity index (χ4v) is 4.29. The molecule has 216 valence electrons. The van der Waals surface area contributed by atoms with Crippen LogP contribution in [-0.4, -0.2) is 11.4 Å². The third kappa shape index (κ3) is 13.1. The molecular formula is C34H48N2O2STi. The molecule has 40 heavy (non-hydrogen) atoms. The summed E-state index contributed by atoms with van der Waals surface area (Å²) in [5.74, 6) is 1.75. The van der Waals surface area contributed by atoms with Gasteiger partial charge in [0.1, 0.15) is 0 Å². The monoisotopic (exact) mass is 596 g/mol. The molecule has 0 aliphatic carbocycles. The molecule has 6 heteroatoms. The van der Waals surface area contributed by atoms with E-state index in [9.17, 15) is 10.2 Å². The number of benzene rings is 2. The van der Waals surface area contributed by atoms with Gasteiger partial charge in [0.15, 0.2) is 0 Å². The molecular weight excluding hydrogens is 548 g/mol. The molecule has 0 aromatic heterocycles. The van der Waals surface area contributed by atoms with E-state index in [2.05, 4.69) is 102 Å². The van der Waals surface area contributed by atoms with Crippen LogP contribution in [0.25, 0.3) is 0 Å². The smallest absolute Gasteiger partial charge is 2.00 e. The maximum atomic E-state index is 11.1. The largest absolute Gasteiger partial charge is 4.00 e. The zero-order valence-corrected chi connectivity index (χ0v) is 28.9. The van der Waals surface area contributed by atoms with Gasteiger partial charge in [-0.05, 0) is 59.8 Å². The van der Waals surface area contributed by atoms with Crippen molar-refractivity contribution in [3.05, 3.63) is 82.3 Å². The van der Waals surface area contributed by atoms with Crippen molar-refractivity contribution in [2.75, 3.05) is 0 Å². The SMILES string of the molecule is CC(/C=C(/C)[O-])=Nc1c(C(C)C)cccc1C(C)C.CC(/C=C(/C)[O-])=Nc1c(C(C)C)cccc1C(C)C.[S-2].[Ti+4]. The van der Waals surface area contributed by atoms with Crippen molar-refractivity contribution in [1.82, 2.24) is 0 Å². The van der Waals surface area contributed by atoms with Crippen molar-refractivity contribution in [2.24, 2.45) is 9.98 Å². The maximum Gasteiger partial charge on any atom is 4.00 e. The van der Waals surface area contributed by atoms with Crippen LogP contribution in [0.15, 0.2) is 70.1 Å². The van der Waals surface area contributed by atoms with Crippen LogP contribution in [0, 0.1) is 0 Å². The summed E-state index contributed by atoms with van der Waals surface area (Å²) in [6.07, 6.45) is 3.17. The van der Waals surface area contributed by atoms with Crippen LogP contribution in [0.5, 0.6) is 0 Å². The Labute approximate surface area is 266 Å². The molecule has 0 amide bonds. The Balaban J connectivity index is 0. The van der Waals surface area contributed by atoms with E-state index in [0.717, 1.165) is 22.8 Å². The summed E-state index contributed by atoms with van der Waals surface area (Å²) in [7, 11) is 0. The standard InChI is InChI=1S/2C17H25NO.S.Ti/c2*1-11(2)15-8-7-9-16(12(3)4)17(15)18-13(5)10-14(6)19;;/h2*7-12,19H,1-6H3;;/q;;-2;+4/p-2/b2*14-10-,18-13?;;. The normalized spacial score (nSPS) is 12.8. The van der Waals surface area contributed by atoms with Gasteiger partial charge >= 0.3 is 21.7 Å². The van der Waals surface area contributed by atoms with Crippen molar-refractivity contribution < 1.29 is 31.9 Å². The molecule has 0 N–H and O–H groups in total. The summed E-state index contributed by atoms with van der Waals surface area (Å²) in [6.45, 7) is 24.2. The van der Waals surface area contributed by atoms with Gasteiger partial charge in [0.05, 0.1) is 11.4 Å². The van der Waals surface area contributed by atoms with E-state index in [4.69, 9.17) is 0 Å². The van der Waals surface area contributed by atoms with Crippen LogP contribution in [0.4, 0.5) is 11.4 Å². The first-order chi connectivity index (χ1) is 17.6. The third-order valence-electron chi connectivity index (χ3n) is 6.09. The molecule has 0 spiro atoms. The summed E-state index contributed by atoms with van der Waals surface area (Å²) >= 11 is 0. The van der Waals surface area contributed by atoms with Gasteiger partial charge in [0, 0.05) is 11.4 Å². The van der Waals surface area contributed by atoms with E-state index in [1.807, 2.05) is 13.8 Å². The van der Waals surface area contributed by atoms with E-state index in [-0.39, 0.29) is 46.7 Å². The molecule has 0 fully saturated rings. The number of para-hydroxylation sites is 2. The predicted molar refractivity (Wildman–Crippen MR) is 170 cm³/mol. The van der Waals surface area contributed by atoms with Crippen LogP contribution < -0.4 is 10.2 Å². The molecule has 2 aromatic carbocycles. The molecule has 0 unspecified atom stereocenters. The molecule has 2 rings (SSSR count). The minimum Gasteiger partial charge on any atom is -2.00 e. The third-order valence-corrected chi connectivity index (χ3v) is 6.09. The van der Waals surface area contributed by atoms with Crippen molar-refractivity contribution >= 4 is 36.3 Å². The number of hydrogen-bond acceptors (Lipinski definition) is 4. The predicted octanol–water partition coefficient (Wildman–Crippen LogP) is 8.57. The molecule has 0 aliphatic rings. The molecule has 0 saturated carbocycles. The zero-order valence-electron chi connectivity index (χ0n) is 26.5. The summed E-state index contributed by atoms with van der Waals surface area (Å²) in [5, 5.41) is 22.3. The maximum absolute atomic E-state index is 11.1. The number of nitrogens with zero attached hydrogens (tertiary/aromatic N) is 2. The Kier molecular flexibility index (Phi) is 19.2. The van der Waals surface area contributed by atoms with Gasteiger partial charge < -0.3 is 23.7 Å². The topological polar surface area (TPSA) is 70.8 Å². The number of allylic oxidation sites excluding steroid dienone is 4. The summed E-state index contributed by atoms with van der Waals surface area (Å²) in [4.78, 5) is 9.36. The van der Waals surface area contributed by atoms with Crippen molar-refractivity contribution in [3.8, 4) is 0 Å². The first-order valence-corrected chi connectivity index (χ1v) is 13.7. The van der Waals surface area contributed by atoms with Crippen LogP contribution in [0.2, 0.25) is 0 Å². The molecule has 0 saturated heterocycles. The second-order valence-corrected chi connectivity index (χ2v) is 11.2. The number of hydrogen-bond donors (Lipinski definition) is 0. The van der Waals surface area contributed by atoms with Crippen LogP contribution in [0.3, 0.4) is 0 Å². The minimum atomic E-state index is 0. The van der Waals surface area contributed by atoms with Gasteiger partial charge in [-0.3, -0.25) is 9.98 Å². The van der Waals surface area contributed by atoms with Crippen molar-refractivity contribution in [3.63, 3.8) is 0 Å². The quantitative estimate of drug-likeness (QED) is 0.174. The Morgan fingerprint density at radius 3 is 0.950 bits per heavy atom. The van der Waals surface area contributed by atoms with E-state index in [0.29, 0.717) is 23.7 Å². The van der Waals surface area contributed by atoms with Crippen LogP contribution >= 0.6 is 0 Å². The van der Waals surface area contributed by atoms with Crippen molar-refractivity contribution in [2.45, 2.75) is 107 Å². The molecule has 0 atom stereocenters. The van der Waals surface area contributed by atoms with Crippen molar-refractivity contribution in [1.29, 1.82) is 0 Å². The number of aliphatic imine (C=N–C) groups is 2. The fraction of sp³-hybridized carbons (Fsp3) is 0.471. The van der Waals surface area contributed by atoms with Gasteiger partial charge in [0.25, 0.3) is 0 Å². The summed E-state index contributed by atoms with van der Waals surface area (Å²) in [5.41, 5.74) is 8.55. The first-order valence-electron chi connectivity index (χ1n) is 13.7. The van der Waals surface area contributed by atoms with Gasteiger partial charge in [-0.25, -0.2) is 0 Å².